The Bertz CT molecular complexity index is 648. The lowest BCUT2D eigenvalue weighted by Gasteiger charge is -2.20. The molecule has 0 spiro atoms. The van der Waals surface area contributed by atoms with E-state index in [-0.39, 0.29) is 0 Å². The highest BCUT2D eigenvalue weighted by Gasteiger charge is 2.30. The van der Waals surface area contributed by atoms with Crippen LogP contribution in [-0.4, -0.2) is 25.8 Å². The Morgan fingerprint density at radius 1 is 1.45 bits per heavy atom. The smallest absolute Gasteiger partial charge is 0.314 e. The van der Waals surface area contributed by atoms with Crippen molar-refractivity contribution in [1.29, 1.82) is 0 Å². The van der Waals surface area contributed by atoms with Gasteiger partial charge < -0.3 is 9.67 Å². The molecule has 5 nitrogen and oxygen atoms in total. The van der Waals surface area contributed by atoms with Crippen LogP contribution in [0.2, 0.25) is 0 Å². The van der Waals surface area contributed by atoms with E-state index < -0.39 is 11.9 Å². The van der Waals surface area contributed by atoms with E-state index in [1.807, 2.05) is 10.6 Å². The molecule has 1 aliphatic heterocycles. The van der Waals surface area contributed by atoms with Crippen LogP contribution in [0.15, 0.2) is 24.3 Å². The zero-order valence-corrected chi connectivity index (χ0v) is 11.4. The Hall–Kier alpha value is -2.17. The first-order valence-electron chi connectivity index (χ1n) is 6.85. The van der Waals surface area contributed by atoms with Gasteiger partial charge >= 0.3 is 5.97 Å². The standard InChI is InChI=1S/C15H17N3O2/c1-10-4-2-5-11(8-10)9-13-16-17-14-12(15(19)20)6-3-7-18(13)14/h2,4-5,8,12H,3,6-7,9H2,1H3,(H,19,20). The van der Waals surface area contributed by atoms with Crippen LogP contribution in [0, 0.1) is 6.92 Å². The van der Waals surface area contributed by atoms with Crippen LogP contribution in [0.3, 0.4) is 0 Å². The maximum absolute atomic E-state index is 11.2. The number of aliphatic carboxylic acids is 1. The maximum Gasteiger partial charge on any atom is 0.314 e. The summed E-state index contributed by atoms with van der Waals surface area (Å²) in [5, 5.41) is 17.6. The van der Waals surface area contributed by atoms with Crippen LogP contribution in [0.1, 0.15) is 41.5 Å². The highest BCUT2D eigenvalue weighted by molar-refractivity contribution is 5.75. The number of fused-ring (bicyclic) bond motifs is 1. The summed E-state index contributed by atoms with van der Waals surface area (Å²) in [6.07, 6.45) is 2.21. The molecule has 1 aromatic carbocycles. The van der Waals surface area contributed by atoms with Gasteiger partial charge in [0.25, 0.3) is 0 Å². The number of carboxylic acids is 1. The van der Waals surface area contributed by atoms with E-state index in [1.54, 1.807) is 0 Å². The highest BCUT2D eigenvalue weighted by Crippen LogP contribution is 2.27. The fourth-order valence-corrected chi connectivity index (χ4v) is 2.80. The predicted octanol–water partition coefficient (Wildman–Crippen LogP) is 2.14. The summed E-state index contributed by atoms with van der Waals surface area (Å²) in [7, 11) is 0. The fourth-order valence-electron chi connectivity index (χ4n) is 2.80. The average Bonchev–Trinajstić information content (AvgIpc) is 2.82. The van der Waals surface area contributed by atoms with Crippen molar-refractivity contribution in [3.05, 3.63) is 47.0 Å². The molecule has 20 heavy (non-hydrogen) atoms. The number of hydrogen-bond acceptors (Lipinski definition) is 3. The molecule has 1 aliphatic rings. The van der Waals surface area contributed by atoms with E-state index in [0.717, 1.165) is 18.8 Å². The molecule has 1 unspecified atom stereocenters. The molecule has 1 atom stereocenters. The second-order valence-corrected chi connectivity index (χ2v) is 5.32. The van der Waals surface area contributed by atoms with Gasteiger partial charge in [0.1, 0.15) is 17.6 Å². The molecule has 0 saturated carbocycles. The lowest BCUT2D eigenvalue weighted by molar-refractivity contribution is -0.139. The van der Waals surface area contributed by atoms with Crippen molar-refractivity contribution >= 4 is 5.97 Å². The Labute approximate surface area is 117 Å². The number of hydrogen-bond donors (Lipinski definition) is 1. The summed E-state index contributed by atoms with van der Waals surface area (Å²) >= 11 is 0. The number of carboxylic acid groups (broad SMARTS) is 1. The van der Waals surface area contributed by atoms with Crippen LogP contribution in [0.25, 0.3) is 0 Å². The molecule has 0 amide bonds. The molecule has 1 N–H and O–H groups in total. The third kappa shape index (κ3) is 2.31. The van der Waals surface area contributed by atoms with Gasteiger partial charge in [-0.1, -0.05) is 29.8 Å². The SMILES string of the molecule is Cc1cccc(Cc2nnc3n2CCCC3C(=O)O)c1. The van der Waals surface area contributed by atoms with Crippen LogP contribution in [0.4, 0.5) is 0 Å². The first-order chi connectivity index (χ1) is 9.65. The normalized spacial score (nSPS) is 17.8. The van der Waals surface area contributed by atoms with Crippen molar-refractivity contribution in [2.24, 2.45) is 0 Å². The van der Waals surface area contributed by atoms with Crippen molar-refractivity contribution < 1.29 is 9.90 Å². The molecular weight excluding hydrogens is 254 g/mol. The molecule has 0 aliphatic carbocycles. The van der Waals surface area contributed by atoms with E-state index >= 15 is 0 Å². The van der Waals surface area contributed by atoms with Gasteiger partial charge in [-0.05, 0) is 25.3 Å². The fraction of sp³-hybridized carbons (Fsp3) is 0.400. The summed E-state index contributed by atoms with van der Waals surface area (Å²) in [6.45, 7) is 2.87. The lowest BCUT2D eigenvalue weighted by Crippen LogP contribution is -2.23. The summed E-state index contributed by atoms with van der Waals surface area (Å²) in [6, 6.07) is 8.27. The molecule has 0 bridgehead atoms. The highest BCUT2D eigenvalue weighted by atomic mass is 16.4. The second kappa shape index (κ2) is 5.07. The van der Waals surface area contributed by atoms with Crippen molar-refractivity contribution in [3.63, 3.8) is 0 Å². The quantitative estimate of drug-likeness (QED) is 0.928. The maximum atomic E-state index is 11.2. The molecule has 5 heteroatoms. The van der Waals surface area contributed by atoms with Gasteiger partial charge in [-0.15, -0.1) is 10.2 Å². The predicted molar refractivity (Wildman–Crippen MR) is 73.6 cm³/mol. The molecule has 2 heterocycles. The Morgan fingerprint density at radius 2 is 2.30 bits per heavy atom. The monoisotopic (exact) mass is 271 g/mol. The van der Waals surface area contributed by atoms with Gasteiger partial charge in [0.2, 0.25) is 0 Å². The zero-order valence-electron chi connectivity index (χ0n) is 11.4. The first kappa shape index (κ1) is 12.8. The van der Waals surface area contributed by atoms with Crippen LogP contribution >= 0.6 is 0 Å². The molecule has 3 rings (SSSR count). The summed E-state index contributed by atoms with van der Waals surface area (Å²) < 4.78 is 1.98. The van der Waals surface area contributed by atoms with E-state index in [2.05, 4.69) is 35.3 Å². The topological polar surface area (TPSA) is 68.0 Å². The summed E-state index contributed by atoms with van der Waals surface area (Å²) in [4.78, 5) is 11.2. The van der Waals surface area contributed by atoms with E-state index in [9.17, 15) is 9.90 Å². The number of rotatable bonds is 3. The van der Waals surface area contributed by atoms with Gasteiger partial charge in [-0.3, -0.25) is 4.79 Å². The molecule has 104 valence electrons. The lowest BCUT2D eigenvalue weighted by atomic mass is 9.99. The zero-order chi connectivity index (χ0) is 14.1. The van der Waals surface area contributed by atoms with Gasteiger partial charge in [0.05, 0.1) is 0 Å². The number of carbonyl (C=O) groups is 1. The Balaban J connectivity index is 1.91. The molecule has 1 aromatic heterocycles. The largest absolute Gasteiger partial charge is 0.481 e. The molecule has 0 saturated heterocycles. The Kier molecular flexibility index (Phi) is 3.26. The minimum Gasteiger partial charge on any atom is -0.481 e. The number of aromatic nitrogens is 3. The molecular formula is C15H17N3O2. The minimum absolute atomic E-state index is 0.512. The van der Waals surface area contributed by atoms with Crippen molar-refractivity contribution in [3.8, 4) is 0 Å². The van der Waals surface area contributed by atoms with Crippen LogP contribution in [-0.2, 0) is 17.8 Å². The molecule has 0 fully saturated rings. The third-order valence-corrected chi connectivity index (χ3v) is 3.79. The molecule has 2 aromatic rings. The number of aryl methyl sites for hydroxylation is 1. The van der Waals surface area contributed by atoms with Gasteiger partial charge in [0, 0.05) is 13.0 Å². The van der Waals surface area contributed by atoms with Crippen molar-refractivity contribution in [2.75, 3.05) is 0 Å². The minimum atomic E-state index is -0.805. The third-order valence-electron chi connectivity index (χ3n) is 3.79. The van der Waals surface area contributed by atoms with E-state index in [1.165, 1.54) is 11.1 Å². The van der Waals surface area contributed by atoms with Gasteiger partial charge in [-0.2, -0.15) is 0 Å². The second-order valence-electron chi connectivity index (χ2n) is 5.32. The van der Waals surface area contributed by atoms with Crippen LogP contribution in [0.5, 0.6) is 0 Å². The average molecular weight is 271 g/mol. The van der Waals surface area contributed by atoms with Gasteiger partial charge in [0.15, 0.2) is 0 Å². The van der Waals surface area contributed by atoms with Crippen LogP contribution < -0.4 is 0 Å². The Morgan fingerprint density at radius 3 is 3.05 bits per heavy atom. The van der Waals surface area contributed by atoms with Crippen molar-refractivity contribution in [1.82, 2.24) is 14.8 Å². The molecule has 0 radical (unpaired) electrons. The summed E-state index contributed by atoms with van der Waals surface area (Å²) in [5.41, 5.74) is 2.39. The van der Waals surface area contributed by atoms with Crippen molar-refractivity contribution in [2.45, 2.75) is 38.6 Å². The first-order valence-corrected chi connectivity index (χ1v) is 6.85. The van der Waals surface area contributed by atoms with E-state index in [4.69, 9.17) is 0 Å². The van der Waals surface area contributed by atoms with Gasteiger partial charge in [-0.25, -0.2) is 0 Å². The number of nitrogens with zero attached hydrogens (tertiary/aromatic N) is 3. The summed E-state index contributed by atoms with van der Waals surface area (Å²) in [5.74, 6) is 0.144. The van der Waals surface area contributed by atoms with E-state index in [0.29, 0.717) is 18.7 Å². The number of benzene rings is 1.